The van der Waals surface area contributed by atoms with E-state index in [1.54, 1.807) is 23.9 Å². The molecular formula is C12H18N2O3S. The van der Waals surface area contributed by atoms with Crippen LogP contribution in [0.25, 0.3) is 0 Å². The number of nitrogens with zero attached hydrogens (tertiary/aromatic N) is 1. The number of benzene rings is 1. The fraction of sp³-hybridized carbons (Fsp3) is 0.500. The Morgan fingerprint density at radius 1 is 1.50 bits per heavy atom. The molecule has 0 aliphatic rings. The maximum atomic E-state index is 11.0. The van der Waals surface area contributed by atoms with E-state index in [0.29, 0.717) is 12.2 Å². The van der Waals surface area contributed by atoms with Crippen LogP contribution in [-0.4, -0.2) is 28.9 Å². The summed E-state index contributed by atoms with van der Waals surface area (Å²) in [6.45, 7) is 2.75. The molecular weight excluding hydrogens is 252 g/mol. The molecule has 0 bridgehead atoms. The van der Waals surface area contributed by atoms with Gasteiger partial charge in [0.05, 0.1) is 4.92 Å². The van der Waals surface area contributed by atoms with Crippen LogP contribution >= 0.6 is 11.8 Å². The highest BCUT2D eigenvalue weighted by molar-refractivity contribution is 7.98. The Bertz CT molecular complexity index is 399. The van der Waals surface area contributed by atoms with Gasteiger partial charge >= 0.3 is 0 Å². The molecule has 0 aliphatic heterocycles. The summed E-state index contributed by atoms with van der Waals surface area (Å²) in [4.78, 5) is 10.6. The number of thioether (sulfide) groups is 1. The van der Waals surface area contributed by atoms with Crippen molar-refractivity contribution in [3.05, 3.63) is 33.9 Å². The highest BCUT2D eigenvalue weighted by Crippen LogP contribution is 2.27. The number of nitrogens with one attached hydrogen (secondary N) is 1. The summed E-state index contributed by atoms with van der Waals surface area (Å²) in [7, 11) is 0. The molecule has 0 spiro atoms. The van der Waals surface area contributed by atoms with E-state index in [1.165, 1.54) is 0 Å². The van der Waals surface area contributed by atoms with Crippen molar-refractivity contribution < 1.29 is 10.0 Å². The molecule has 0 saturated carbocycles. The van der Waals surface area contributed by atoms with E-state index in [2.05, 4.69) is 5.32 Å². The van der Waals surface area contributed by atoms with Crippen molar-refractivity contribution in [1.82, 2.24) is 0 Å². The second-order valence-corrected chi connectivity index (χ2v) is 4.87. The lowest BCUT2D eigenvalue weighted by atomic mass is 10.2. The molecule has 5 nitrogen and oxygen atoms in total. The quantitative estimate of drug-likeness (QED) is 0.431. The van der Waals surface area contributed by atoms with E-state index in [0.717, 1.165) is 23.5 Å². The zero-order valence-electron chi connectivity index (χ0n) is 10.4. The minimum atomic E-state index is -0.361. The van der Waals surface area contributed by atoms with E-state index in [4.69, 9.17) is 5.11 Å². The highest BCUT2D eigenvalue weighted by atomic mass is 32.2. The van der Waals surface area contributed by atoms with Crippen LogP contribution in [0.2, 0.25) is 0 Å². The lowest BCUT2D eigenvalue weighted by molar-refractivity contribution is -0.384. The Labute approximate surface area is 111 Å². The number of rotatable bonds is 8. The van der Waals surface area contributed by atoms with Gasteiger partial charge in [-0.05, 0) is 30.7 Å². The van der Waals surface area contributed by atoms with Gasteiger partial charge < -0.3 is 10.4 Å². The van der Waals surface area contributed by atoms with Crippen LogP contribution in [0.5, 0.6) is 0 Å². The number of aliphatic hydroxyl groups is 1. The van der Waals surface area contributed by atoms with Gasteiger partial charge in [-0.25, -0.2) is 0 Å². The summed E-state index contributed by atoms with van der Waals surface area (Å²) in [5, 5.41) is 22.6. The molecule has 1 aromatic carbocycles. The average molecular weight is 270 g/mol. The van der Waals surface area contributed by atoms with Crippen LogP contribution in [0.15, 0.2) is 18.2 Å². The van der Waals surface area contributed by atoms with E-state index in [-0.39, 0.29) is 17.2 Å². The van der Waals surface area contributed by atoms with Gasteiger partial charge in [0, 0.05) is 25.0 Å². The standard InChI is InChI=1S/C12H18N2O3S/c1-2-13-11-5-4-10(8-12(11)14(16)17)9-18-7-3-6-15/h4-5,8,13,15H,2-3,6-7,9H2,1H3. The number of anilines is 1. The summed E-state index contributed by atoms with van der Waals surface area (Å²) in [6, 6.07) is 5.27. The van der Waals surface area contributed by atoms with E-state index < -0.39 is 0 Å². The number of nitro groups is 1. The Morgan fingerprint density at radius 2 is 2.28 bits per heavy atom. The third-order valence-corrected chi connectivity index (χ3v) is 3.46. The van der Waals surface area contributed by atoms with Gasteiger partial charge in [0.25, 0.3) is 5.69 Å². The van der Waals surface area contributed by atoms with Gasteiger partial charge in [0.1, 0.15) is 5.69 Å². The molecule has 1 aromatic rings. The molecule has 0 aliphatic carbocycles. The third kappa shape index (κ3) is 4.54. The molecule has 0 fully saturated rings. The number of aliphatic hydroxyl groups excluding tert-OH is 1. The maximum absolute atomic E-state index is 11.0. The summed E-state index contributed by atoms with van der Waals surface area (Å²) in [5.41, 5.74) is 1.62. The van der Waals surface area contributed by atoms with Crippen molar-refractivity contribution in [2.75, 3.05) is 24.2 Å². The monoisotopic (exact) mass is 270 g/mol. The smallest absolute Gasteiger partial charge is 0.292 e. The second kappa shape index (κ2) is 7.94. The third-order valence-electron chi connectivity index (χ3n) is 2.34. The molecule has 0 unspecified atom stereocenters. The van der Waals surface area contributed by atoms with Crippen LogP contribution in [0, 0.1) is 10.1 Å². The van der Waals surface area contributed by atoms with Gasteiger partial charge in [-0.1, -0.05) is 6.07 Å². The van der Waals surface area contributed by atoms with E-state index in [1.807, 2.05) is 13.0 Å². The predicted molar refractivity (Wildman–Crippen MR) is 75.1 cm³/mol. The molecule has 18 heavy (non-hydrogen) atoms. The maximum Gasteiger partial charge on any atom is 0.292 e. The fourth-order valence-corrected chi connectivity index (χ4v) is 2.41. The molecule has 0 aromatic heterocycles. The Hall–Kier alpha value is -1.27. The molecule has 1 rings (SSSR count). The lowest BCUT2D eigenvalue weighted by Gasteiger charge is -2.06. The Morgan fingerprint density at radius 3 is 2.89 bits per heavy atom. The highest BCUT2D eigenvalue weighted by Gasteiger charge is 2.13. The first-order chi connectivity index (χ1) is 8.69. The Balaban J connectivity index is 2.70. The first kappa shape index (κ1) is 14.8. The van der Waals surface area contributed by atoms with Crippen molar-refractivity contribution >= 4 is 23.1 Å². The van der Waals surface area contributed by atoms with Crippen LogP contribution in [0.3, 0.4) is 0 Å². The van der Waals surface area contributed by atoms with Crippen LogP contribution < -0.4 is 5.32 Å². The van der Waals surface area contributed by atoms with Gasteiger partial charge in [0.2, 0.25) is 0 Å². The number of hydrogen-bond acceptors (Lipinski definition) is 5. The molecule has 0 radical (unpaired) electrons. The first-order valence-corrected chi connectivity index (χ1v) is 7.04. The predicted octanol–water partition coefficient (Wildman–Crippen LogP) is 2.64. The van der Waals surface area contributed by atoms with Crippen LogP contribution in [0.1, 0.15) is 18.9 Å². The van der Waals surface area contributed by atoms with Gasteiger partial charge in [0.15, 0.2) is 0 Å². The molecule has 0 amide bonds. The zero-order chi connectivity index (χ0) is 13.4. The van der Waals surface area contributed by atoms with Crippen LogP contribution in [-0.2, 0) is 5.75 Å². The van der Waals surface area contributed by atoms with Crippen molar-refractivity contribution in [2.24, 2.45) is 0 Å². The zero-order valence-corrected chi connectivity index (χ0v) is 11.2. The van der Waals surface area contributed by atoms with Crippen LogP contribution in [0.4, 0.5) is 11.4 Å². The van der Waals surface area contributed by atoms with Crippen molar-refractivity contribution in [3.63, 3.8) is 0 Å². The molecule has 100 valence electrons. The molecule has 0 heterocycles. The molecule has 6 heteroatoms. The fourth-order valence-electron chi connectivity index (χ4n) is 1.51. The lowest BCUT2D eigenvalue weighted by Crippen LogP contribution is -2.01. The summed E-state index contributed by atoms with van der Waals surface area (Å²) in [5.74, 6) is 1.59. The largest absolute Gasteiger partial charge is 0.396 e. The summed E-state index contributed by atoms with van der Waals surface area (Å²) in [6.07, 6.45) is 0.752. The summed E-state index contributed by atoms with van der Waals surface area (Å²) >= 11 is 1.67. The molecule has 0 atom stereocenters. The Kier molecular flexibility index (Phi) is 6.53. The second-order valence-electron chi connectivity index (χ2n) is 3.77. The average Bonchev–Trinajstić information content (AvgIpc) is 2.36. The van der Waals surface area contributed by atoms with Crippen molar-refractivity contribution in [2.45, 2.75) is 19.1 Å². The van der Waals surface area contributed by atoms with Gasteiger partial charge in [-0.2, -0.15) is 11.8 Å². The first-order valence-electron chi connectivity index (χ1n) is 5.88. The summed E-state index contributed by atoms with van der Waals surface area (Å²) < 4.78 is 0. The minimum absolute atomic E-state index is 0.122. The van der Waals surface area contributed by atoms with Gasteiger partial charge in [-0.3, -0.25) is 10.1 Å². The van der Waals surface area contributed by atoms with Crippen molar-refractivity contribution in [1.29, 1.82) is 0 Å². The van der Waals surface area contributed by atoms with E-state index >= 15 is 0 Å². The minimum Gasteiger partial charge on any atom is -0.396 e. The molecule has 2 N–H and O–H groups in total. The van der Waals surface area contributed by atoms with E-state index in [9.17, 15) is 10.1 Å². The topological polar surface area (TPSA) is 75.4 Å². The van der Waals surface area contributed by atoms with Gasteiger partial charge in [-0.15, -0.1) is 0 Å². The number of hydrogen-bond donors (Lipinski definition) is 2. The number of nitro benzene ring substituents is 1. The SMILES string of the molecule is CCNc1ccc(CSCCCO)cc1[N+](=O)[O-]. The normalized spacial score (nSPS) is 10.3. The van der Waals surface area contributed by atoms with Crippen molar-refractivity contribution in [3.8, 4) is 0 Å². The molecule has 0 saturated heterocycles.